The lowest BCUT2D eigenvalue weighted by atomic mass is 10.3. The molecule has 0 unspecified atom stereocenters. The molecule has 15 heavy (non-hydrogen) atoms. The Morgan fingerprint density at radius 1 is 1.47 bits per heavy atom. The number of hydrogen-bond acceptors (Lipinski definition) is 4. The minimum atomic E-state index is -1.20. The van der Waals surface area contributed by atoms with Crippen LogP contribution in [0, 0.1) is 0 Å². The van der Waals surface area contributed by atoms with E-state index in [1.807, 2.05) is 6.07 Å². The molecular weight excluding hydrogens is 264 g/mol. The summed E-state index contributed by atoms with van der Waals surface area (Å²) in [4.78, 5) is 11.7. The molecule has 76 valence electrons. The second kappa shape index (κ2) is 3.77. The van der Waals surface area contributed by atoms with E-state index in [-0.39, 0.29) is 5.82 Å². The molecule has 0 amide bonds. The van der Waals surface area contributed by atoms with E-state index in [1.54, 1.807) is 18.2 Å². The van der Waals surface area contributed by atoms with E-state index in [2.05, 4.69) is 31.3 Å². The lowest BCUT2D eigenvalue weighted by Crippen LogP contribution is -2.02. The van der Waals surface area contributed by atoms with Crippen molar-refractivity contribution in [3.8, 4) is 5.69 Å². The van der Waals surface area contributed by atoms with Crippen LogP contribution in [0.2, 0.25) is 0 Å². The fourth-order valence-corrected chi connectivity index (χ4v) is 1.40. The molecule has 0 atom stereocenters. The Morgan fingerprint density at radius 3 is 2.87 bits per heavy atom. The summed E-state index contributed by atoms with van der Waals surface area (Å²) in [5.41, 5.74) is 0.643. The van der Waals surface area contributed by atoms with Crippen molar-refractivity contribution in [3.05, 3.63) is 34.6 Å². The van der Waals surface area contributed by atoms with Crippen molar-refractivity contribution in [2.45, 2.75) is 0 Å². The molecule has 0 saturated carbocycles. The van der Waals surface area contributed by atoms with Gasteiger partial charge in [0.1, 0.15) is 0 Å². The lowest BCUT2D eigenvalue weighted by molar-refractivity contribution is 0.0683. The van der Waals surface area contributed by atoms with Gasteiger partial charge in [0.2, 0.25) is 0 Å². The maximum atomic E-state index is 10.5. The molecule has 0 bridgehead atoms. The second-order valence-corrected chi connectivity index (χ2v) is 3.60. The molecule has 1 aromatic heterocycles. The van der Waals surface area contributed by atoms with Gasteiger partial charge in [-0.1, -0.05) is 22.0 Å². The summed E-state index contributed by atoms with van der Waals surface area (Å²) in [5, 5.41) is 19.3. The molecule has 1 heterocycles. The Bertz CT molecular complexity index is 511. The number of halogens is 1. The fraction of sp³-hybridized carbons (Fsp3) is 0. The maximum Gasteiger partial charge on any atom is 0.377 e. The molecular formula is C8H5BrN4O2. The number of aromatic nitrogens is 4. The van der Waals surface area contributed by atoms with Crippen LogP contribution in [-0.4, -0.2) is 31.3 Å². The van der Waals surface area contributed by atoms with Crippen LogP contribution >= 0.6 is 15.9 Å². The van der Waals surface area contributed by atoms with Crippen molar-refractivity contribution in [1.29, 1.82) is 0 Å². The molecule has 2 aromatic rings. The highest BCUT2D eigenvalue weighted by Crippen LogP contribution is 2.13. The van der Waals surface area contributed by atoms with Crippen LogP contribution < -0.4 is 0 Å². The minimum Gasteiger partial charge on any atom is -0.475 e. The van der Waals surface area contributed by atoms with E-state index in [0.29, 0.717) is 5.69 Å². The van der Waals surface area contributed by atoms with Crippen molar-refractivity contribution in [3.63, 3.8) is 0 Å². The Balaban J connectivity index is 2.41. The van der Waals surface area contributed by atoms with E-state index >= 15 is 0 Å². The van der Waals surface area contributed by atoms with Crippen LogP contribution in [0.4, 0.5) is 0 Å². The molecule has 0 aliphatic rings. The first-order chi connectivity index (χ1) is 7.16. The second-order valence-electron chi connectivity index (χ2n) is 2.69. The smallest absolute Gasteiger partial charge is 0.377 e. The van der Waals surface area contributed by atoms with Gasteiger partial charge in [0.25, 0.3) is 5.82 Å². The summed E-state index contributed by atoms with van der Waals surface area (Å²) < 4.78 is 0.856. The SMILES string of the molecule is O=C(O)c1nnn(-c2cccc(Br)c2)n1. The number of tetrazole rings is 1. The van der Waals surface area contributed by atoms with Gasteiger partial charge in [-0.3, -0.25) is 0 Å². The van der Waals surface area contributed by atoms with Gasteiger partial charge in [0, 0.05) is 4.47 Å². The Morgan fingerprint density at radius 2 is 2.27 bits per heavy atom. The zero-order valence-corrected chi connectivity index (χ0v) is 8.92. The molecule has 1 N–H and O–H groups in total. The fourth-order valence-electron chi connectivity index (χ4n) is 1.01. The van der Waals surface area contributed by atoms with Crippen molar-refractivity contribution >= 4 is 21.9 Å². The van der Waals surface area contributed by atoms with Gasteiger partial charge in [-0.25, -0.2) is 4.79 Å². The molecule has 7 heteroatoms. The zero-order chi connectivity index (χ0) is 10.8. The Kier molecular flexibility index (Phi) is 2.46. The number of benzene rings is 1. The molecule has 0 aliphatic carbocycles. The van der Waals surface area contributed by atoms with Gasteiger partial charge in [-0.05, 0) is 23.4 Å². The molecule has 1 aromatic carbocycles. The maximum absolute atomic E-state index is 10.5. The van der Waals surface area contributed by atoms with Crippen molar-refractivity contribution in [1.82, 2.24) is 20.2 Å². The molecule has 0 radical (unpaired) electrons. The van der Waals surface area contributed by atoms with Gasteiger partial charge < -0.3 is 5.11 Å². The third-order valence-corrected chi connectivity index (χ3v) is 2.14. The predicted octanol–water partition coefficient (Wildman–Crippen LogP) is 1.12. The summed E-state index contributed by atoms with van der Waals surface area (Å²) in [5.74, 6) is -1.52. The Hall–Kier alpha value is -1.76. The van der Waals surface area contributed by atoms with Crippen molar-refractivity contribution in [2.75, 3.05) is 0 Å². The van der Waals surface area contributed by atoms with Crippen LogP contribution in [-0.2, 0) is 0 Å². The van der Waals surface area contributed by atoms with Crippen LogP contribution in [0.1, 0.15) is 10.6 Å². The molecule has 2 rings (SSSR count). The minimum absolute atomic E-state index is 0.324. The highest BCUT2D eigenvalue weighted by molar-refractivity contribution is 9.10. The van der Waals surface area contributed by atoms with Crippen LogP contribution in [0.3, 0.4) is 0 Å². The van der Waals surface area contributed by atoms with Crippen molar-refractivity contribution < 1.29 is 9.90 Å². The summed E-state index contributed by atoms with van der Waals surface area (Å²) >= 11 is 3.29. The number of nitrogens with zero attached hydrogens (tertiary/aromatic N) is 4. The Labute approximate surface area is 92.7 Å². The normalized spacial score (nSPS) is 10.2. The molecule has 0 aliphatic heterocycles. The molecule has 0 saturated heterocycles. The van der Waals surface area contributed by atoms with Crippen LogP contribution in [0.25, 0.3) is 5.69 Å². The summed E-state index contributed by atoms with van der Waals surface area (Å²) in [7, 11) is 0. The number of carboxylic acid groups (broad SMARTS) is 1. The first kappa shape index (κ1) is 9.78. The number of carbonyl (C=O) groups is 1. The van der Waals surface area contributed by atoms with E-state index in [9.17, 15) is 4.79 Å². The predicted molar refractivity (Wildman–Crippen MR) is 53.8 cm³/mol. The topological polar surface area (TPSA) is 80.9 Å². The molecule has 6 nitrogen and oxygen atoms in total. The van der Waals surface area contributed by atoms with E-state index in [0.717, 1.165) is 9.27 Å². The summed E-state index contributed by atoms with van der Waals surface area (Å²) in [6.45, 7) is 0. The van der Waals surface area contributed by atoms with Crippen LogP contribution in [0.15, 0.2) is 28.7 Å². The van der Waals surface area contributed by atoms with E-state index < -0.39 is 5.97 Å². The zero-order valence-electron chi connectivity index (χ0n) is 7.33. The average Bonchev–Trinajstić information content (AvgIpc) is 2.66. The average molecular weight is 269 g/mol. The molecule has 0 fully saturated rings. The lowest BCUT2D eigenvalue weighted by Gasteiger charge is -1.97. The monoisotopic (exact) mass is 268 g/mol. The highest BCUT2D eigenvalue weighted by atomic mass is 79.9. The van der Waals surface area contributed by atoms with Gasteiger partial charge in [0.15, 0.2) is 0 Å². The highest BCUT2D eigenvalue weighted by Gasteiger charge is 2.11. The number of carboxylic acids is 1. The quantitative estimate of drug-likeness (QED) is 0.883. The van der Waals surface area contributed by atoms with Crippen LogP contribution in [0.5, 0.6) is 0 Å². The van der Waals surface area contributed by atoms with Gasteiger partial charge >= 0.3 is 5.97 Å². The summed E-state index contributed by atoms with van der Waals surface area (Å²) in [6.07, 6.45) is 0. The molecule has 0 spiro atoms. The third-order valence-electron chi connectivity index (χ3n) is 1.64. The number of hydrogen-bond donors (Lipinski definition) is 1. The van der Waals surface area contributed by atoms with Crippen molar-refractivity contribution in [2.24, 2.45) is 0 Å². The first-order valence-electron chi connectivity index (χ1n) is 3.96. The first-order valence-corrected chi connectivity index (χ1v) is 4.75. The largest absolute Gasteiger partial charge is 0.475 e. The van der Waals surface area contributed by atoms with E-state index in [4.69, 9.17) is 5.11 Å². The van der Waals surface area contributed by atoms with Gasteiger partial charge in [-0.15, -0.1) is 15.0 Å². The standard InChI is InChI=1S/C8H5BrN4O2/c9-5-2-1-3-6(4-5)13-11-7(8(14)15)10-12-13/h1-4H,(H,14,15). The van der Waals surface area contributed by atoms with Gasteiger partial charge in [-0.2, -0.15) is 0 Å². The number of aromatic carboxylic acids is 1. The van der Waals surface area contributed by atoms with Gasteiger partial charge in [0.05, 0.1) is 5.69 Å². The van der Waals surface area contributed by atoms with E-state index in [1.165, 1.54) is 0 Å². The summed E-state index contributed by atoms with van der Waals surface area (Å²) in [6, 6.07) is 7.15. The number of rotatable bonds is 2. The third kappa shape index (κ3) is 2.01.